The van der Waals surface area contributed by atoms with Gasteiger partial charge in [0.2, 0.25) is 11.5 Å². The van der Waals surface area contributed by atoms with Crippen molar-refractivity contribution in [2.75, 3.05) is 6.61 Å². The Labute approximate surface area is 133 Å². The van der Waals surface area contributed by atoms with Gasteiger partial charge in [0, 0.05) is 13.8 Å². The maximum atomic E-state index is 12.9. The van der Waals surface area contributed by atoms with E-state index in [1.807, 2.05) is 0 Å². The molecule has 0 unspecified atom stereocenters. The van der Waals surface area contributed by atoms with Crippen molar-refractivity contribution in [2.24, 2.45) is 0 Å². The van der Waals surface area contributed by atoms with Crippen LogP contribution in [0.3, 0.4) is 0 Å². The summed E-state index contributed by atoms with van der Waals surface area (Å²) in [6.45, 7) is 5.22. The van der Waals surface area contributed by atoms with Gasteiger partial charge in [-0.25, -0.2) is 14.2 Å². The van der Waals surface area contributed by atoms with E-state index in [4.69, 9.17) is 14.3 Å². The average molecular weight is 323 g/mol. The Balaban J connectivity index is 2.12. The van der Waals surface area contributed by atoms with E-state index in [0.29, 0.717) is 5.56 Å². The maximum absolute atomic E-state index is 12.9. The first-order valence-electron chi connectivity index (χ1n) is 7.13. The minimum Gasteiger partial charge on any atom is -0.445 e. The molecule has 1 aromatic rings. The van der Waals surface area contributed by atoms with Crippen LogP contribution in [0.1, 0.15) is 26.3 Å². The Kier molecular flexibility index (Phi) is 5.00. The first-order valence-corrected chi connectivity index (χ1v) is 7.13. The van der Waals surface area contributed by atoms with Gasteiger partial charge in [-0.1, -0.05) is 12.1 Å². The summed E-state index contributed by atoms with van der Waals surface area (Å²) < 4.78 is 23.1. The number of hydroxylamine groups is 2. The Morgan fingerprint density at radius 2 is 1.96 bits per heavy atom. The first-order chi connectivity index (χ1) is 10.8. The summed E-state index contributed by atoms with van der Waals surface area (Å²) in [5.41, 5.74) is 0.682. The SMILES string of the molecule is CCON(Cc1ccc(F)cc1)C(=O)C=C1OC(C)(C)OC1=O. The number of carbonyl (C=O) groups excluding carboxylic acids is 2. The lowest BCUT2D eigenvalue weighted by Crippen LogP contribution is -2.30. The second kappa shape index (κ2) is 6.78. The van der Waals surface area contributed by atoms with Crippen LogP contribution in [0.15, 0.2) is 36.1 Å². The number of esters is 1. The van der Waals surface area contributed by atoms with Gasteiger partial charge in [-0.2, -0.15) is 0 Å². The molecule has 1 aromatic carbocycles. The molecule has 1 aliphatic heterocycles. The topological polar surface area (TPSA) is 65.1 Å². The van der Waals surface area contributed by atoms with E-state index in [0.717, 1.165) is 11.1 Å². The second-order valence-corrected chi connectivity index (χ2v) is 5.32. The van der Waals surface area contributed by atoms with Crippen molar-refractivity contribution < 1.29 is 28.3 Å². The highest BCUT2D eigenvalue weighted by Gasteiger charge is 2.38. The highest BCUT2D eigenvalue weighted by molar-refractivity contribution is 5.97. The molecule has 1 amide bonds. The monoisotopic (exact) mass is 323 g/mol. The molecule has 2 rings (SSSR count). The lowest BCUT2D eigenvalue weighted by molar-refractivity contribution is -0.183. The molecule has 124 valence electrons. The van der Waals surface area contributed by atoms with Crippen LogP contribution in [0, 0.1) is 5.82 Å². The van der Waals surface area contributed by atoms with E-state index < -0.39 is 17.7 Å². The van der Waals surface area contributed by atoms with Crippen LogP contribution in [0.4, 0.5) is 4.39 Å². The van der Waals surface area contributed by atoms with Crippen LogP contribution in [0.25, 0.3) is 0 Å². The fraction of sp³-hybridized carbons (Fsp3) is 0.375. The normalized spacial score (nSPS) is 17.7. The molecule has 0 bridgehead atoms. The molecule has 1 heterocycles. The minimum absolute atomic E-state index is 0.106. The number of halogens is 1. The van der Waals surface area contributed by atoms with Gasteiger partial charge in [0.15, 0.2) is 0 Å². The van der Waals surface area contributed by atoms with E-state index >= 15 is 0 Å². The summed E-state index contributed by atoms with van der Waals surface area (Å²) in [5, 5.41) is 1.07. The number of amides is 1. The number of hydrogen-bond acceptors (Lipinski definition) is 5. The number of benzene rings is 1. The number of rotatable bonds is 5. The molecule has 0 saturated carbocycles. The number of cyclic esters (lactones) is 1. The van der Waals surface area contributed by atoms with Gasteiger partial charge in [0.05, 0.1) is 19.2 Å². The van der Waals surface area contributed by atoms with Crippen molar-refractivity contribution in [1.82, 2.24) is 5.06 Å². The second-order valence-electron chi connectivity index (χ2n) is 5.32. The minimum atomic E-state index is -1.10. The molecule has 0 radical (unpaired) electrons. The summed E-state index contributed by atoms with van der Waals surface area (Å²) in [7, 11) is 0. The van der Waals surface area contributed by atoms with Gasteiger partial charge in [0.1, 0.15) is 5.82 Å². The third kappa shape index (κ3) is 4.53. The van der Waals surface area contributed by atoms with Gasteiger partial charge in [0.25, 0.3) is 5.91 Å². The Hall–Kier alpha value is -2.41. The molecule has 1 aliphatic rings. The number of nitrogens with zero attached hydrogens (tertiary/aromatic N) is 1. The van der Waals surface area contributed by atoms with E-state index in [2.05, 4.69) is 0 Å². The molecule has 0 aromatic heterocycles. The van der Waals surface area contributed by atoms with Gasteiger partial charge in [-0.3, -0.25) is 9.63 Å². The molecular weight excluding hydrogens is 305 g/mol. The summed E-state index contributed by atoms with van der Waals surface area (Å²) in [5.74, 6) is -2.92. The van der Waals surface area contributed by atoms with Crippen molar-refractivity contribution in [3.63, 3.8) is 0 Å². The van der Waals surface area contributed by atoms with E-state index in [1.165, 1.54) is 12.1 Å². The average Bonchev–Trinajstić information content (AvgIpc) is 2.73. The van der Waals surface area contributed by atoms with E-state index in [1.54, 1.807) is 32.9 Å². The van der Waals surface area contributed by atoms with Gasteiger partial charge >= 0.3 is 5.97 Å². The third-order valence-corrected chi connectivity index (χ3v) is 2.92. The van der Waals surface area contributed by atoms with Crippen LogP contribution in [-0.4, -0.2) is 29.3 Å². The van der Waals surface area contributed by atoms with Crippen LogP contribution >= 0.6 is 0 Å². The van der Waals surface area contributed by atoms with Crippen LogP contribution < -0.4 is 0 Å². The summed E-state index contributed by atoms with van der Waals surface area (Å²) >= 11 is 0. The van der Waals surface area contributed by atoms with Crippen LogP contribution in [0.5, 0.6) is 0 Å². The zero-order valence-electron chi connectivity index (χ0n) is 13.2. The lowest BCUT2D eigenvalue weighted by atomic mass is 10.2. The molecule has 1 fully saturated rings. The fourth-order valence-electron chi connectivity index (χ4n) is 1.97. The summed E-state index contributed by atoms with van der Waals surface area (Å²) in [6, 6.07) is 5.68. The zero-order chi connectivity index (χ0) is 17.0. The predicted octanol–water partition coefficient (Wildman–Crippen LogP) is 2.30. The molecule has 6 nitrogen and oxygen atoms in total. The third-order valence-electron chi connectivity index (χ3n) is 2.92. The lowest BCUT2D eigenvalue weighted by Gasteiger charge is -2.20. The molecule has 0 spiro atoms. The molecular formula is C16H18FNO5. The number of ether oxygens (including phenoxy) is 2. The molecule has 7 heteroatoms. The highest BCUT2D eigenvalue weighted by atomic mass is 19.1. The van der Waals surface area contributed by atoms with Crippen LogP contribution in [-0.2, 0) is 30.4 Å². The Morgan fingerprint density at radius 1 is 1.30 bits per heavy atom. The predicted molar refractivity (Wildman–Crippen MR) is 77.9 cm³/mol. The molecule has 0 atom stereocenters. The van der Waals surface area contributed by atoms with Gasteiger partial charge < -0.3 is 9.47 Å². The Morgan fingerprint density at radius 3 is 2.48 bits per heavy atom. The van der Waals surface area contributed by atoms with E-state index in [9.17, 15) is 14.0 Å². The van der Waals surface area contributed by atoms with Gasteiger partial charge in [-0.05, 0) is 24.6 Å². The zero-order valence-corrected chi connectivity index (χ0v) is 13.2. The smallest absolute Gasteiger partial charge is 0.377 e. The van der Waals surface area contributed by atoms with Crippen molar-refractivity contribution in [3.8, 4) is 0 Å². The van der Waals surface area contributed by atoms with Crippen molar-refractivity contribution >= 4 is 11.9 Å². The Bertz CT molecular complexity index is 624. The quantitative estimate of drug-likeness (QED) is 0.472. The van der Waals surface area contributed by atoms with Crippen molar-refractivity contribution in [3.05, 3.63) is 47.5 Å². The summed E-state index contributed by atoms with van der Waals surface area (Å²) in [6.07, 6.45) is 1.02. The van der Waals surface area contributed by atoms with Crippen molar-refractivity contribution in [1.29, 1.82) is 0 Å². The largest absolute Gasteiger partial charge is 0.445 e. The summed E-state index contributed by atoms with van der Waals surface area (Å²) in [4.78, 5) is 29.2. The maximum Gasteiger partial charge on any atom is 0.377 e. The van der Waals surface area contributed by atoms with Gasteiger partial charge in [-0.15, -0.1) is 0 Å². The molecule has 1 saturated heterocycles. The first kappa shape index (κ1) is 17.0. The number of hydrogen-bond donors (Lipinski definition) is 0. The van der Waals surface area contributed by atoms with Crippen molar-refractivity contribution in [2.45, 2.75) is 33.1 Å². The standard InChI is InChI=1S/C16H18FNO5/c1-4-21-18(10-11-5-7-12(17)8-6-11)14(19)9-13-15(20)23-16(2,3)22-13/h5-9H,4,10H2,1-3H3. The molecule has 23 heavy (non-hydrogen) atoms. The fourth-order valence-corrected chi connectivity index (χ4v) is 1.97. The van der Waals surface area contributed by atoms with E-state index in [-0.39, 0.29) is 24.7 Å². The molecule has 0 N–H and O–H groups in total. The highest BCUT2D eigenvalue weighted by Crippen LogP contribution is 2.26. The number of carbonyl (C=O) groups is 2. The molecule has 0 aliphatic carbocycles. The van der Waals surface area contributed by atoms with Crippen LogP contribution in [0.2, 0.25) is 0 Å².